The first kappa shape index (κ1) is 32.8. The second kappa shape index (κ2) is 12.8. The molecule has 6 aliphatic rings. The number of aliphatic hydroxyl groups is 2. The number of hydrogen-bond acceptors (Lipinski definition) is 9. The third-order valence-electron chi connectivity index (χ3n) is 10.1. The van der Waals surface area contributed by atoms with Crippen LogP contribution in [-0.4, -0.2) is 59.7 Å². The van der Waals surface area contributed by atoms with Crippen molar-refractivity contribution in [3.05, 3.63) is 91.5 Å². The molecule has 47 heavy (non-hydrogen) atoms. The van der Waals surface area contributed by atoms with E-state index in [1.54, 1.807) is 0 Å². The van der Waals surface area contributed by atoms with Crippen molar-refractivity contribution in [3.8, 4) is 0 Å². The number of nitrogens with zero attached hydrogens (tertiary/aromatic N) is 3. The molecule has 1 saturated heterocycles. The maximum Gasteiger partial charge on any atom is 0.305 e. The van der Waals surface area contributed by atoms with E-state index in [9.17, 15) is 15.0 Å². The highest BCUT2D eigenvalue weighted by molar-refractivity contribution is 6.21. The van der Waals surface area contributed by atoms with Crippen molar-refractivity contribution < 1.29 is 24.5 Å². The van der Waals surface area contributed by atoms with Crippen molar-refractivity contribution in [2.75, 3.05) is 20.3 Å². The number of nitrogens with one attached hydrogen (secondary N) is 1. The average molecular weight is 639 g/mol. The summed E-state index contributed by atoms with van der Waals surface area (Å²) in [5, 5.41) is 25.5. The van der Waals surface area contributed by atoms with E-state index >= 15 is 0 Å². The summed E-state index contributed by atoms with van der Waals surface area (Å²) < 4.78 is 11.3. The number of aliphatic hydroxyl groups excluding tert-OH is 2. The molecule has 0 saturated carbocycles. The standard InChI is InChI=1S/C38H46N4O5/c1-9-23-19(4)26-15-31-35(33(16-43)47-17-18(2)3)21(6)28(40-31)13-27-20(5)24(10-11-34(45)46-8)37(41-27)25-12-32(44)36-22(7)29(42-38(25)36)14-30(23)39-26/h13-15,18,20,24,33,41,43-44H,9-12,16-17H2,1-8H3/t20-,24-,33?/m0/s1. The van der Waals surface area contributed by atoms with Crippen LogP contribution in [0.3, 0.4) is 0 Å². The Bertz CT molecular complexity index is 1790. The molecule has 5 aliphatic heterocycles. The van der Waals surface area contributed by atoms with Crippen LogP contribution in [0.1, 0.15) is 74.1 Å². The van der Waals surface area contributed by atoms with Crippen molar-refractivity contribution in [1.82, 2.24) is 5.32 Å². The van der Waals surface area contributed by atoms with E-state index in [1.807, 2.05) is 26.0 Å². The minimum Gasteiger partial charge on any atom is -0.511 e. The predicted octanol–water partition coefficient (Wildman–Crippen LogP) is 6.64. The molecule has 3 N–H and O–H groups in total. The van der Waals surface area contributed by atoms with Crippen molar-refractivity contribution >= 4 is 23.1 Å². The zero-order chi connectivity index (χ0) is 33.7. The zero-order valence-electron chi connectivity index (χ0n) is 28.7. The Morgan fingerprint density at radius 1 is 1.04 bits per heavy atom. The maximum absolute atomic E-state index is 12.3. The lowest BCUT2D eigenvalue weighted by Crippen LogP contribution is -2.24. The first-order valence-electron chi connectivity index (χ1n) is 16.7. The molecule has 9 nitrogen and oxygen atoms in total. The SMILES string of the molecule is CCC1=C(C)C2=NC1=CC1=C(C)C3=C(O)CC(=C4NC(=CC5=NC(=C2)C(C(CO)OCC(C)C)=C5C)[C@@H](C)[C@@H]4CCC(=O)OC)C3=N1. The molecule has 9 heteroatoms. The van der Waals surface area contributed by atoms with Crippen molar-refractivity contribution in [1.29, 1.82) is 0 Å². The van der Waals surface area contributed by atoms with Gasteiger partial charge in [0.15, 0.2) is 0 Å². The van der Waals surface area contributed by atoms with E-state index < -0.39 is 6.10 Å². The number of aliphatic imine (C=N–C) groups is 3. The smallest absolute Gasteiger partial charge is 0.305 e. The summed E-state index contributed by atoms with van der Waals surface area (Å²) in [4.78, 5) is 27.7. The molecular formula is C38H46N4O5. The van der Waals surface area contributed by atoms with Gasteiger partial charge in [0.05, 0.1) is 47.9 Å². The van der Waals surface area contributed by atoms with Crippen LogP contribution in [0.25, 0.3) is 0 Å². The number of methoxy groups -OCH3 is 1. The molecule has 0 aromatic heterocycles. The lowest BCUT2D eigenvalue weighted by Gasteiger charge is -2.20. The molecular weight excluding hydrogens is 592 g/mol. The van der Waals surface area contributed by atoms with Gasteiger partial charge in [0.2, 0.25) is 0 Å². The molecule has 0 aromatic carbocycles. The Balaban J connectivity index is 1.58. The van der Waals surface area contributed by atoms with Crippen LogP contribution in [0.5, 0.6) is 0 Å². The van der Waals surface area contributed by atoms with Gasteiger partial charge in [-0.3, -0.25) is 4.79 Å². The third kappa shape index (κ3) is 5.74. The molecule has 6 rings (SSSR count). The minimum atomic E-state index is -0.540. The van der Waals surface area contributed by atoms with Gasteiger partial charge in [-0.2, -0.15) is 0 Å². The van der Waals surface area contributed by atoms with Crippen LogP contribution in [0.15, 0.2) is 106 Å². The summed E-state index contributed by atoms with van der Waals surface area (Å²) in [6.07, 6.45) is 7.61. The summed E-state index contributed by atoms with van der Waals surface area (Å²) in [6, 6.07) is 0. The van der Waals surface area contributed by atoms with Crippen molar-refractivity contribution in [2.45, 2.75) is 80.3 Å². The van der Waals surface area contributed by atoms with Crippen LogP contribution >= 0.6 is 0 Å². The number of hydrogen-bond donors (Lipinski definition) is 3. The van der Waals surface area contributed by atoms with Crippen LogP contribution in [0.2, 0.25) is 0 Å². The van der Waals surface area contributed by atoms with Crippen LogP contribution < -0.4 is 5.32 Å². The maximum atomic E-state index is 12.3. The number of rotatable bonds is 9. The Morgan fingerprint density at radius 3 is 2.45 bits per heavy atom. The van der Waals surface area contributed by atoms with E-state index in [0.717, 1.165) is 91.1 Å². The summed E-state index contributed by atoms with van der Waals surface area (Å²) in [6.45, 7) is 14.9. The molecule has 0 spiro atoms. The van der Waals surface area contributed by atoms with Crippen LogP contribution in [-0.2, 0) is 14.3 Å². The van der Waals surface area contributed by atoms with E-state index in [1.165, 1.54) is 7.11 Å². The van der Waals surface area contributed by atoms with Crippen molar-refractivity contribution in [2.24, 2.45) is 32.7 Å². The fourth-order valence-electron chi connectivity index (χ4n) is 7.44. The molecule has 248 valence electrons. The Labute approximate surface area is 277 Å². The Morgan fingerprint density at radius 2 is 1.77 bits per heavy atom. The zero-order valence-corrected chi connectivity index (χ0v) is 28.7. The van der Waals surface area contributed by atoms with E-state index in [4.69, 9.17) is 24.5 Å². The fraction of sp³-hybridized carbons (Fsp3) is 0.474. The van der Waals surface area contributed by atoms with E-state index in [0.29, 0.717) is 31.1 Å². The second-order valence-electron chi connectivity index (χ2n) is 13.5. The first-order valence-corrected chi connectivity index (χ1v) is 16.7. The Kier molecular flexibility index (Phi) is 8.98. The van der Waals surface area contributed by atoms with Gasteiger partial charge in [0.25, 0.3) is 0 Å². The molecule has 1 unspecified atom stereocenters. The largest absolute Gasteiger partial charge is 0.511 e. The van der Waals surface area contributed by atoms with Gasteiger partial charge in [-0.15, -0.1) is 0 Å². The van der Waals surface area contributed by atoms with Crippen molar-refractivity contribution in [3.63, 3.8) is 0 Å². The molecule has 1 fully saturated rings. The highest BCUT2D eigenvalue weighted by Gasteiger charge is 2.41. The van der Waals surface area contributed by atoms with Gasteiger partial charge in [0.1, 0.15) is 11.9 Å². The number of fused-ring (bicyclic) bond motifs is 5. The molecule has 0 aromatic rings. The predicted molar refractivity (Wildman–Crippen MR) is 185 cm³/mol. The monoisotopic (exact) mass is 638 g/mol. The van der Waals surface area contributed by atoms with Gasteiger partial charge in [0, 0.05) is 59.4 Å². The quantitative estimate of drug-likeness (QED) is 0.243. The van der Waals surface area contributed by atoms with E-state index in [2.05, 4.69) is 46.0 Å². The molecule has 8 bridgehead atoms. The lowest BCUT2D eigenvalue weighted by atomic mass is 9.86. The molecule has 0 amide bonds. The lowest BCUT2D eigenvalue weighted by molar-refractivity contribution is -0.140. The third-order valence-corrected chi connectivity index (χ3v) is 10.1. The molecule has 1 aliphatic carbocycles. The number of esters is 1. The Hall–Kier alpha value is -4.08. The number of carbonyl (C=O) groups excluding carboxylic acids is 1. The number of allylic oxidation sites excluding steroid dienone is 11. The number of carbonyl (C=O) groups is 1. The normalized spacial score (nSPS) is 24.2. The number of ether oxygens (including phenoxy) is 2. The van der Waals surface area contributed by atoms with Gasteiger partial charge in [-0.05, 0) is 80.1 Å². The summed E-state index contributed by atoms with van der Waals surface area (Å²) in [5.41, 5.74) is 13.4. The fourth-order valence-corrected chi connectivity index (χ4v) is 7.44. The van der Waals surface area contributed by atoms with Gasteiger partial charge in [-0.1, -0.05) is 27.7 Å². The van der Waals surface area contributed by atoms with Gasteiger partial charge < -0.3 is 25.0 Å². The minimum absolute atomic E-state index is 0.0252. The summed E-state index contributed by atoms with van der Waals surface area (Å²) in [7, 11) is 1.41. The first-order chi connectivity index (χ1) is 22.5. The molecule has 5 heterocycles. The van der Waals surface area contributed by atoms with Gasteiger partial charge in [-0.25, -0.2) is 15.0 Å². The average Bonchev–Trinajstić information content (AvgIpc) is 3.79. The topological polar surface area (TPSA) is 125 Å². The molecule has 3 atom stereocenters. The highest BCUT2D eigenvalue weighted by atomic mass is 16.5. The van der Waals surface area contributed by atoms with Crippen LogP contribution in [0.4, 0.5) is 0 Å². The summed E-state index contributed by atoms with van der Waals surface area (Å²) >= 11 is 0. The van der Waals surface area contributed by atoms with Crippen LogP contribution in [0, 0.1) is 17.8 Å². The second-order valence-corrected chi connectivity index (χ2v) is 13.5. The van der Waals surface area contributed by atoms with E-state index in [-0.39, 0.29) is 30.8 Å². The highest BCUT2D eigenvalue weighted by Crippen LogP contribution is 2.46. The van der Waals surface area contributed by atoms with Gasteiger partial charge >= 0.3 is 5.97 Å². The molecule has 0 radical (unpaired) electrons. The summed E-state index contributed by atoms with van der Waals surface area (Å²) in [5.74, 6) is 0.358.